The minimum Gasteiger partial charge on any atom is -0.494 e. The number of hydrogen-bond acceptors (Lipinski definition) is 3. The summed E-state index contributed by atoms with van der Waals surface area (Å²) in [7, 11) is 0. The third-order valence-corrected chi connectivity index (χ3v) is 4.81. The van der Waals surface area contributed by atoms with Crippen molar-refractivity contribution in [1.29, 1.82) is 0 Å². The van der Waals surface area contributed by atoms with Gasteiger partial charge in [-0.3, -0.25) is 0 Å². The molecule has 0 aliphatic carbocycles. The number of aliphatic hydroxyl groups is 1. The van der Waals surface area contributed by atoms with Crippen LogP contribution in [0, 0.1) is 5.41 Å². The first-order valence-electron chi connectivity index (χ1n) is 8.50. The van der Waals surface area contributed by atoms with E-state index >= 15 is 0 Å². The van der Waals surface area contributed by atoms with Gasteiger partial charge in [-0.15, -0.1) is 0 Å². The second-order valence-electron chi connectivity index (χ2n) is 6.25. The van der Waals surface area contributed by atoms with E-state index in [1.54, 1.807) is 0 Å². The van der Waals surface area contributed by atoms with Crippen LogP contribution in [0.25, 0.3) is 0 Å². The third-order valence-electron chi connectivity index (χ3n) is 4.81. The summed E-state index contributed by atoms with van der Waals surface area (Å²) in [4.78, 5) is 14.0. The molecule has 1 aromatic rings. The molecule has 1 heterocycles. The van der Waals surface area contributed by atoms with Gasteiger partial charge in [-0.2, -0.15) is 0 Å². The second kappa shape index (κ2) is 8.77. The molecule has 0 spiro atoms. The van der Waals surface area contributed by atoms with E-state index < -0.39 is 0 Å². The molecular weight excluding hydrogens is 292 g/mol. The van der Waals surface area contributed by atoms with E-state index in [1.807, 2.05) is 35.2 Å². The molecule has 2 amide bonds. The Kier molecular flexibility index (Phi) is 6.71. The summed E-state index contributed by atoms with van der Waals surface area (Å²) in [6, 6.07) is 9.68. The molecule has 0 bridgehead atoms. The molecule has 1 aliphatic rings. The predicted molar refractivity (Wildman–Crippen MR) is 90.6 cm³/mol. The zero-order valence-corrected chi connectivity index (χ0v) is 14.0. The van der Waals surface area contributed by atoms with Crippen LogP contribution in [0.2, 0.25) is 0 Å². The Balaban J connectivity index is 1.60. The maximum absolute atomic E-state index is 12.1. The molecule has 2 rings (SSSR count). The normalized spacial score (nSPS) is 16.9. The van der Waals surface area contributed by atoms with Gasteiger partial charge >= 0.3 is 6.03 Å². The molecule has 1 aromatic carbocycles. The maximum Gasteiger partial charge on any atom is 0.317 e. The van der Waals surface area contributed by atoms with E-state index in [0.29, 0.717) is 13.2 Å². The van der Waals surface area contributed by atoms with Crippen LogP contribution < -0.4 is 10.1 Å². The molecule has 5 heteroatoms. The van der Waals surface area contributed by atoms with Gasteiger partial charge < -0.3 is 20.1 Å². The first-order valence-corrected chi connectivity index (χ1v) is 8.50. The number of piperidine rings is 1. The molecule has 1 saturated heterocycles. The van der Waals surface area contributed by atoms with Crippen LogP contribution in [-0.2, 0) is 0 Å². The number of rotatable bonds is 7. The lowest BCUT2D eigenvalue weighted by Gasteiger charge is -2.40. The van der Waals surface area contributed by atoms with Gasteiger partial charge in [0.2, 0.25) is 0 Å². The molecule has 2 N–H and O–H groups in total. The number of para-hydroxylation sites is 1. The number of nitrogens with one attached hydrogen (secondary N) is 1. The Morgan fingerprint density at radius 3 is 2.61 bits per heavy atom. The number of carbonyl (C=O) groups excluding carboxylic acids is 1. The fraction of sp³-hybridized carbons (Fsp3) is 0.611. The van der Waals surface area contributed by atoms with Crippen LogP contribution in [0.1, 0.15) is 32.6 Å². The Labute approximate surface area is 138 Å². The van der Waals surface area contributed by atoms with Gasteiger partial charge in [-0.05, 0) is 43.2 Å². The molecule has 0 aromatic heterocycles. The fourth-order valence-corrected chi connectivity index (χ4v) is 2.89. The van der Waals surface area contributed by atoms with Gasteiger partial charge in [-0.1, -0.05) is 25.1 Å². The Morgan fingerprint density at radius 2 is 2.00 bits per heavy atom. The summed E-state index contributed by atoms with van der Waals surface area (Å²) < 4.78 is 5.60. The number of amides is 2. The van der Waals surface area contributed by atoms with Crippen LogP contribution in [0.3, 0.4) is 0 Å². The highest BCUT2D eigenvalue weighted by molar-refractivity contribution is 5.74. The van der Waals surface area contributed by atoms with Gasteiger partial charge in [-0.25, -0.2) is 4.79 Å². The molecule has 0 unspecified atom stereocenters. The molecule has 1 fully saturated rings. The zero-order chi connectivity index (χ0) is 16.5. The topological polar surface area (TPSA) is 61.8 Å². The predicted octanol–water partition coefficient (Wildman–Crippen LogP) is 2.65. The minimum absolute atomic E-state index is 0.00708. The first kappa shape index (κ1) is 17.6. The molecule has 23 heavy (non-hydrogen) atoms. The van der Waals surface area contributed by atoms with Crippen molar-refractivity contribution in [2.45, 2.75) is 32.6 Å². The van der Waals surface area contributed by atoms with Crippen molar-refractivity contribution in [3.8, 4) is 5.75 Å². The fourth-order valence-electron chi connectivity index (χ4n) is 2.89. The Morgan fingerprint density at radius 1 is 1.30 bits per heavy atom. The number of benzene rings is 1. The summed E-state index contributed by atoms with van der Waals surface area (Å²) in [5.41, 5.74) is 0.0142. The molecule has 128 valence electrons. The highest BCUT2D eigenvalue weighted by Gasteiger charge is 2.33. The summed E-state index contributed by atoms with van der Waals surface area (Å²) in [5, 5.41) is 12.5. The van der Waals surface area contributed by atoms with E-state index in [-0.39, 0.29) is 18.1 Å². The highest BCUT2D eigenvalue weighted by Crippen LogP contribution is 2.34. The number of urea groups is 1. The molecule has 0 radical (unpaired) electrons. The van der Waals surface area contributed by atoms with Gasteiger partial charge in [0.25, 0.3) is 0 Å². The van der Waals surface area contributed by atoms with Crippen LogP contribution >= 0.6 is 0 Å². The number of likely N-dealkylation sites (tertiary alicyclic amines) is 1. The number of carbonyl (C=O) groups is 1. The van der Waals surface area contributed by atoms with Crippen molar-refractivity contribution >= 4 is 6.03 Å². The zero-order valence-electron chi connectivity index (χ0n) is 14.0. The van der Waals surface area contributed by atoms with E-state index in [4.69, 9.17) is 4.74 Å². The summed E-state index contributed by atoms with van der Waals surface area (Å²) >= 11 is 0. The van der Waals surface area contributed by atoms with Crippen molar-refractivity contribution in [2.75, 3.05) is 32.8 Å². The standard InChI is InChI=1S/C18H28N2O3/c1-2-18(15-21)9-12-20(13-10-18)17(22)19-11-6-14-23-16-7-4-3-5-8-16/h3-5,7-8,21H,2,6,9-15H2,1H3,(H,19,22). The van der Waals surface area contributed by atoms with Crippen molar-refractivity contribution in [1.82, 2.24) is 10.2 Å². The molecular formula is C18H28N2O3. The molecule has 0 saturated carbocycles. The quantitative estimate of drug-likeness (QED) is 0.759. The third kappa shape index (κ3) is 5.13. The Hall–Kier alpha value is -1.75. The summed E-state index contributed by atoms with van der Waals surface area (Å²) in [5.74, 6) is 0.856. The first-order chi connectivity index (χ1) is 11.2. The van der Waals surface area contributed by atoms with Crippen molar-refractivity contribution in [3.63, 3.8) is 0 Å². The maximum atomic E-state index is 12.1. The van der Waals surface area contributed by atoms with Crippen molar-refractivity contribution < 1.29 is 14.6 Å². The van der Waals surface area contributed by atoms with E-state index in [1.165, 1.54) is 0 Å². The SMILES string of the molecule is CCC1(CO)CCN(C(=O)NCCCOc2ccccc2)CC1. The van der Waals surface area contributed by atoms with Gasteiger partial charge in [0.1, 0.15) is 5.75 Å². The van der Waals surface area contributed by atoms with Crippen LogP contribution in [0.15, 0.2) is 30.3 Å². The average Bonchev–Trinajstić information content (AvgIpc) is 2.62. The summed E-state index contributed by atoms with van der Waals surface area (Å²) in [6.07, 6.45) is 3.51. The van der Waals surface area contributed by atoms with Crippen LogP contribution in [0.5, 0.6) is 5.75 Å². The van der Waals surface area contributed by atoms with Gasteiger partial charge in [0.15, 0.2) is 0 Å². The second-order valence-corrected chi connectivity index (χ2v) is 6.25. The lowest BCUT2D eigenvalue weighted by atomic mass is 9.77. The number of ether oxygens (including phenoxy) is 1. The summed E-state index contributed by atoms with van der Waals surface area (Å²) in [6.45, 7) is 4.98. The van der Waals surface area contributed by atoms with E-state index in [9.17, 15) is 9.90 Å². The average molecular weight is 320 g/mol. The van der Waals surface area contributed by atoms with E-state index in [0.717, 1.165) is 44.5 Å². The largest absolute Gasteiger partial charge is 0.494 e. The molecule has 0 atom stereocenters. The highest BCUT2D eigenvalue weighted by atomic mass is 16.5. The van der Waals surface area contributed by atoms with Crippen molar-refractivity contribution in [3.05, 3.63) is 30.3 Å². The van der Waals surface area contributed by atoms with E-state index in [2.05, 4.69) is 12.2 Å². The number of aliphatic hydroxyl groups excluding tert-OH is 1. The monoisotopic (exact) mass is 320 g/mol. The van der Waals surface area contributed by atoms with Gasteiger partial charge in [0.05, 0.1) is 6.61 Å². The lowest BCUT2D eigenvalue weighted by molar-refractivity contribution is 0.0519. The van der Waals surface area contributed by atoms with Crippen LogP contribution in [0.4, 0.5) is 4.79 Å². The number of nitrogens with zero attached hydrogens (tertiary/aromatic N) is 1. The molecule has 5 nitrogen and oxygen atoms in total. The smallest absolute Gasteiger partial charge is 0.317 e. The van der Waals surface area contributed by atoms with Crippen molar-refractivity contribution in [2.24, 2.45) is 5.41 Å². The lowest BCUT2D eigenvalue weighted by Crippen LogP contribution is -2.48. The van der Waals surface area contributed by atoms with Gasteiger partial charge in [0, 0.05) is 26.2 Å². The molecule has 1 aliphatic heterocycles. The van der Waals surface area contributed by atoms with Crippen LogP contribution in [-0.4, -0.2) is 48.9 Å². The number of hydrogen-bond donors (Lipinski definition) is 2. The Bertz CT molecular complexity index is 464. The minimum atomic E-state index is -0.00708.